The average molecular weight is 426 g/mol. The summed E-state index contributed by atoms with van der Waals surface area (Å²) in [5.74, 6) is -0.628. The number of carbonyl (C=O) groups is 2. The van der Waals surface area contributed by atoms with Crippen LogP contribution in [0.25, 0.3) is 21.8 Å². The van der Waals surface area contributed by atoms with E-state index in [1.54, 1.807) is 17.0 Å². The van der Waals surface area contributed by atoms with Crippen molar-refractivity contribution in [1.82, 2.24) is 9.47 Å². The van der Waals surface area contributed by atoms with Crippen LogP contribution in [0.3, 0.4) is 0 Å². The normalized spacial score (nSPS) is 15.5. The maximum Gasteiger partial charge on any atom is 0.328 e. The van der Waals surface area contributed by atoms with Crippen LogP contribution in [-0.2, 0) is 33.8 Å². The molecule has 6 nitrogen and oxygen atoms in total. The van der Waals surface area contributed by atoms with Crippen LogP contribution < -0.4 is 5.43 Å². The van der Waals surface area contributed by atoms with E-state index < -0.39 is 12.0 Å². The first-order valence-corrected chi connectivity index (χ1v) is 10.5. The number of methoxy groups -OCH3 is 1. The Morgan fingerprint density at radius 3 is 2.06 bits per heavy atom. The fraction of sp³-hybridized carbons (Fsp3) is 0.192. The number of carbonyl (C=O) groups excluding carboxylic acids is 2. The Hall–Kier alpha value is -3.93. The van der Waals surface area contributed by atoms with Gasteiger partial charge in [-0.3, -0.25) is 9.59 Å². The van der Waals surface area contributed by atoms with Crippen LogP contribution in [0.5, 0.6) is 0 Å². The van der Waals surface area contributed by atoms with Gasteiger partial charge in [0.1, 0.15) is 12.6 Å². The second-order valence-corrected chi connectivity index (χ2v) is 7.98. The molecule has 1 atom stereocenters. The first kappa shape index (κ1) is 20.0. The van der Waals surface area contributed by atoms with Crippen LogP contribution in [-0.4, -0.2) is 34.5 Å². The molecule has 32 heavy (non-hydrogen) atoms. The van der Waals surface area contributed by atoms with Crippen LogP contribution in [0.15, 0.2) is 77.6 Å². The molecule has 2 heterocycles. The number of aromatic nitrogens is 1. The molecule has 0 fully saturated rings. The number of ether oxygens (including phenoxy) is 1. The van der Waals surface area contributed by atoms with Crippen LogP contribution in [0, 0.1) is 0 Å². The average Bonchev–Trinajstić information content (AvgIpc) is 2.85. The Balaban J connectivity index is 1.60. The highest BCUT2D eigenvalue weighted by Gasteiger charge is 2.35. The monoisotopic (exact) mass is 426 g/mol. The van der Waals surface area contributed by atoms with E-state index in [2.05, 4.69) is 0 Å². The molecule has 0 N–H and O–H groups in total. The lowest BCUT2D eigenvalue weighted by Crippen LogP contribution is -2.50. The number of fused-ring (bicyclic) bond motifs is 3. The van der Waals surface area contributed by atoms with Gasteiger partial charge in [-0.15, -0.1) is 0 Å². The highest BCUT2D eigenvalue weighted by molar-refractivity contribution is 5.95. The van der Waals surface area contributed by atoms with Crippen LogP contribution in [0.4, 0.5) is 0 Å². The number of pyridine rings is 1. The molecule has 5 rings (SSSR count). The van der Waals surface area contributed by atoms with Gasteiger partial charge in [-0.25, -0.2) is 4.79 Å². The minimum Gasteiger partial charge on any atom is -0.467 e. The molecule has 1 aromatic heterocycles. The van der Waals surface area contributed by atoms with Gasteiger partial charge in [-0.2, -0.15) is 0 Å². The molecule has 0 saturated heterocycles. The smallest absolute Gasteiger partial charge is 0.328 e. The van der Waals surface area contributed by atoms with Crippen molar-refractivity contribution in [1.29, 1.82) is 0 Å². The second kappa shape index (κ2) is 7.96. The Bertz CT molecular complexity index is 1360. The van der Waals surface area contributed by atoms with E-state index in [0.29, 0.717) is 34.8 Å². The molecule has 0 radical (unpaired) electrons. The molecule has 0 saturated carbocycles. The molecule has 0 aliphatic carbocycles. The lowest BCUT2D eigenvalue weighted by molar-refractivity contribution is -0.154. The number of amides is 1. The molecule has 1 aliphatic rings. The third-order valence-corrected chi connectivity index (χ3v) is 6.21. The zero-order valence-corrected chi connectivity index (χ0v) is 17.7. The number of benzene rings is 3. The summed E-state index contributed by atoms with van der Waals surface area (Å²) < 4.78 is 6.87. The molecule has 3 aromatic carbocycles. The topological polar surface area (TPSA) is 68.6 Å². The number of hydrogen-bond acceptors (Lipinski definition) is 4. The van der Waals surface area contributed by atoms with Crippen molar-refractivity contribution in [3.63, 3.8) is 0 Å². The highest BCUT2D eigenvalue weighted by Crippen LogP contribution is 2.26. The Morgan fingerprint density at radius 1 is 0.875 bits per heavy atom. The summed E-state index contributed by atoms with van der Waals surface area (Å²) in [7, 11) is 1.34. The SMILES string of the molecule is COC(=O)C1Cc2ccccc2CN1C(=O)Cn1c2ccccc2c(=O)c2ccccc21. The lowest BCUT2D eigenvalue weighted by Gasteiger charge is -2.35. The summed E-state index contributed by atoms with van der Waals surface area (Å²) in [6.45, 7) is 0.349. The van der Waals surface area contributed by atoms with Gasteiger partial charge in [-0.05, 0) is 35.4 Å². The van der Waals surface area contributed by atoms with E-state index in [-0.39, 0.29) is 17.9 Å². The lowest BCUT2D eigenvalue weighted by atomic mass is 9.94. The zero-order chi connectivity index (χ0) is 22.2. The summed E-state index contributed by atoms with van der Waals surface area (Å²) in [5.41, 5.74) is 3.40. The fourth-order valence-electron chi connectivity index (χ4n) is 4.61. The predicted molar refractivity (Wildman–Crippen MR) is 122 cm³/mol. The quantitative estimate of drug-likeness (QED) is 0.372. The second-order valence-electron chi connectivity index (χ2n) is 7.98. The molecule has 0 bridgehead atoms. The van der Waals surface area contributed by atoms with Crippen molar-refractivity contribution in [2.75, 3.05) is 7.11 Å². The van der Waals surface area contributed by atoms with E-state index in [4.69, 9.17) is 4.74 Å². The van der Waals surface area contributed by atoms with Gasteiger partial charge >= 0.3 is 5.97 Å². The van der Waals surface area contributed by atoms with Gasteiger partial charge < -0.3 is 14.2 Å². The summed E-state index contributed by atoms with van der Waals surface area (Å²) in [5, 5.41) is 1.13. The molecule has 4 aromatic rings. The molecule has 1 unspecified atom stereocenters. The van der Waals surface area contributed by atoms with Gasteiger partial charge in [0.15, 0.2) is 5.43 Å². The van der Waals surface area contributed by atoms with E-state index in [1.807, 2.05) is 65.2 Å². The summed E-state index contributed by atoms with van der Waals surface area (Å²) in [4.78, 5) is 40.7. The third kappa shape index (κ3) is 3.24. The summed E-state index contributed by atoms with van der Waals surface area (Å²) in [6.07, 6.45) is 0.417. The number of para-hydroxylation sites is 2. The molecule has 0 spiro atoms. The largest absolute Gasteiger partial charge is 0.467 e. The summed E-state index contributed by atoms with van der Waals surface area (Å²) >= 11 is 0. The van der Waals surface area contributed by atoms with Gasteiger partial charge in [0.25, 0.3) is 0 Å². The maximum atomic E-state index is 13.6. The number of nitrogens with zero attached hydrogens (tertiary/aromatic N) is 2. The van der Waals surface area contributed by atoms with Crippen molar-refractivity contribution >= 4 is 33.7 Å². The van der Waals surface area contributed by atoms with Crippen LogP contribution in [0.1, 0.15) is 11.1 Å². The number of esters is 1. The van der Waals surface area contributed by atoms with E-state index in [1.165, 1.54) is 7.11 Å². The third-order valence-electron chi connectivity index (χ3n) is 6.21. The summed E-state index contributed by atoms with van der Waals surface area (Å²) in [6, 6.07) is 21.7. The van der Waals surface area contributed by atoms with Gasteiger partial charge in [0.2, 0.25) is 5.91 Å². The van der Waals surface area contributed by atoms with E-state index in [0.717, 1.165) is 11.1 Å². The Labute approximate surface area is 184 Å². The predicted octanol–water partition coefficient (Wildman–Crippen LogP) is 3.28. The Kier molecular flexibility index (Phi) is 4.98. The standard InChI is InChI=1S/C26H22N2O4/c1-32-26(31)23-14-17-8-2-3-9-18(17)15-28(23)24(29)16-27-21-12-6-4-10-19(21)25(30)20-11-5-7-13-22(20)27/h2-13,23H,14-16H2,1H3. The van der Waals surface area contributed by atoms with Gasteiger partial charge in [0.05, 0.1) is 18.1 Å². The van der Waals surface area contributed by atoms with Crippen molar-refractivity contribution in [3.05, 3.63) is 94.1 Å². The Morgan fingerprint density at radius 2 is 1.44 bits per heavy atom. The molecular formula is C26H22N2O4. The van der Waals surface area contributed by atoms with E-state index >= 15 is 0 Å². The molecular weight excluding hydrogens is 404 g/mol. The van der Waals surface area contributed by atoms with Gasteiger partial charge in [0, 0.05) is 23.7 Å². The number of hydrogen-bond donors (Lipinski definition) is 0. The first-order valence-electron chi connectivity index (χ1n) is 10.5. The van der Waals surface area contributed by atoms with Crippen molar-refractivity contribution in [2.45, 2.75) is 25.6 Å². The maximum absolute atomic E-state index is 13.6. The minimum atomic E-state index is -0.681. The van der Waals surface area contributed by atoms with Crippen LogP contribution in [0.2, 0.25) is 0 Å². The first-order chi connectivity index (χ1) is 15.6. The van der Waals surface area contributed by atoms with Gasteiger partial charge in [-0.1, -0.05) is 48.5 Å². The van der Waals surface area contributed by atoms with Crippen molar-refractivity contribution < 1.29 is 14.3 Å². The highest BCUT2D eigenvalue weighted by atomic mass is 16.5. The molecule has 160 valence electrons. The van der Waals surface area contributed by atoms with Crippen molar-refractivity contribution in [3.8, 4) is 0 Å². The minimum absolute atomic E-state index is 0.0109. The van der Waals surface area contributed by atoms with Crippen LogP contribution >= 0.6 is 0 Å². The molecule has 1 amide bonds. The van der Waals surface area contributed by atoms with E-state index in [9.17, 15) is 14.4 Å². The zero-order valence-electron chi connectivity index (χ0n) is 17.7. The molecule has 1 aliphatic heterocycles. The number of rotatable bonds is 3. The molecule has 6 heteroatoms. The van der Waals surface area contributed by atoms with Crippen molar-refractivity contribution in [2.24, 2.45) is 0 Å². The fourth-order valence-corrected chi connectivity index (χ4v) is 4.61.